The van der Waals surface area contributed by atoms with Gasteiger partial charge < -0.3 is 5.73 Å². The summed E-state index contributed by atoms with van der Waals surface area (Å²) in [6, 6.07) is 3.03. The summed E-state index contributed by atoms with van der Waals surface area (Å²) in [5.41, 5.74) is 5.25. The molecule has 0 aliphatic rings. The summed E-state index contributed by atoms with van der Waals surface area (Å²) in [6.45, 7) is 1.37. The predicted octanol–water partition coefficient (Wildman–Crippen LogP) is 3.07. The van der Waals surface area contributed by atoms with Gasteiger partial charge in [0.05, 0.1) is 11.6 Å². The van der Waals surface area contributed by atoms with Crippen LogP contribution in [0.15, 0.2) is 18.2 Å². The Morgan fingerprint density at radius 1 is 1.38 bits per heavy atom. The van der Waals surface area contributed by atoms with Gasteiger partial charge in [-0.1, -0.05) is 18.1 Å². The normalized spacial score (nSPS) is 12.5. The fourth-order valence-corrected chi connectivity index (χ4v) is 1.39. The molecule has 0 aromatic heterocycles. The summed E-state index contributed by atoms with van der Waals surface area (Å²) in [5, 5.41) is 0. The van der Waals surface area contributed by atoms with Crippen LogP contribution in [0.1, 0.15) is 22.7 Å². The Morgan fingerprint density at radius 3 is 2.38 bits per heavy atom. The summed E-state index contributed by atoms with van der Waals surface area (Å²) in [6.07, 6.45) is 0.709. The van der Waals surface area contributed by atoms with Crippen LogP contribution < -0.4 is 5.73 Å². The maximum Gasteiger partial charge on any atom is 0.416 e. The van der Waals surface area contributed by atoms with Crippen LogP contribution in [0.5, 0.6) is 0 Å². The van der Waals surface area contributed by atoms with E-state index in [1.807, 2.05) is 0 Å². The lowest BCUT2D eigenvalue weighted by Gasteiger charge is -2.15. The maximum atomic E-state index is 12.5. The molecule has 88 valence electrons. The monoisotopic (exact) mass is 249 g/mol. The van der Waals surface area contributed by atoms with E-state index in [1.54, 1.807) is 0 Å². The summed E-state index contributed by atoms with van der Waals surface area (Å²) in [5.74, 6) is 2.21. The van der Waals surface area contributed by atoms with Gasteiger partial charge in [0.2, 0.25) is 0 Å². The molecular weight excluding hydrogens is 239 g/mol. The van der Waals surface area contributed by atoms with Crippen molar-refractivity contribution < 1.29 is 13.2 Å². The standard InChI is InChI=1S/C11H10F3N.ClH/c1-3-10(15)8-5-4-6-9(7(8)2)11(12,13)14;/h1,4-6,10H,15H2,2H3;1H. The summed E-state index contributed by atoms with van der Waals surface area (Å²) < 4.78 is 37.5. The summed E-state index contributed by atoms with van der Waals surface area (Å²) in [7, 11) is 0. The van der Waals surface area contributed by atoms with Crippen LogP contribution in [0.2, 0.25) is 0 Å². The van der Waals surface area contributed by atoms with Crippen LogP contribution in [-0.2, 0) is 6.18 Å². The summed E-state index contributed by atoms with van der Waals surface area (Å²) >= 11 is 0. The number of benzene rings is 1. The maximum absolute atomic E-state index is 12.5. The van der Waals surface area contributed by atoms with Gasteiger partial charge in [-0.05, 0) is 24.1 Å². The van der Waals surface area contributed by atoms with Crippen molar-refractivity contribution in [1.29, 1.82) is 0 Å². The van der Waals surface area contributed by atoms with Crippen molar-refractivity contribution in [2.45, 2.75) is 19.1 Å². The molecule has 0 aliphatic heterocycles. The summed E-state index contributed by atoms with van der Waals surface area (Å²) in [4.78, 5) is 0. The highest BCUT2D eigenvalue weighted by Gasteiger charge is 2.33. The van der Waals surface area contributed by atoms with Crippen molar-refractivity contribution in [3.8, 4) is 12.3 Å². The molecule has 0 heterocycles. The minimum absolute atomic E-state index is 0. The molecule has 1 rings (SSSR count). The lowest BCUT2D eigenvalue weighted by Crippen LogP contribution is -2.14. The first-order valence-corrected chi connectivity index (χ1v) is 4.26. The second-order valence-corrected chi connectivity index (χ2v) is 3.16. The van der Waals surface area contributed by atoms with Gasteiger partial charge in [-0.15, -0.1) is 18.8 Å². The number of rotatable bonds is 1. The molecule has 0 amide bonds. The number of alkyl halides is 3. The molecule has 0 saturated carbocycles. The molecule has 5 heteroatoms. The van der Waals surface area contributed by atoms with E-state index in [0.29, 0.717) is 5.56 Å². The SMILES string of the molecule is C#CC(N)c1cccc(C(F)(F)F)c1C.Cl. The molecular formula is C11H11ClF3N. The second kappa shape index (κ2) is 5.24. The average molecular weight is 250 g/mol. The first-order valence-electron chi connectivity index (χ1n) is 4.26. The number of halogens is 4. The van der Waals surface area contributed by atoms with E-state index in [-0.39, 0.29) is 18.0 Å². The van der Waals surface area contributed by atoms with E-state index in [1.165, 1.54) is 19.1 Å². The average Bonchev–Trinajstić information content (AvgIpc) is 2.15. The van der Waals surface area contributed by atoms with E-state index in [9.17, 15) is 13.2 Å². The Labute approximate surface area is 98.2 Å². The number of nitrogens with two attached hydrogens (primary N) is 1. The largest absolute Gasteiger partial charge is 0.416 e. The van der Waals surface area contributed by atoms with Crippen molar-refractivity contribution in [2.75, 3.05) is 0 Å². The Hall–Kier alpha value is -1.18. The Kier molecular flexibility index (Phi) is 4.85. The van der Waals surface area contributed by atoms with Gasteiger partial charge in [-0.2, -0.15) is 13.2 Å². The lowest BCUT2D eigenvalue weighted by atomic mass is 9.97. The van der Waals surface area contributed by atoms with Crippen molar-refractivity contribution in [2.24, 2.45) is 5.73 Å². The van der Waals surface area contributed by atoms with Crippen LogP contribution in [-0.4, -0.2) is 0 Å². The molecule has 0 fully saturated rings. The van der Waals surface area contributed by atoms with Gasteiger partial charge >= 0.3 is 6.18 Å². The van der Waals surface area contributed by atoms with E-state index >= 15 is 0 Å². The molecule has 0 spiro atoms. The number of hydrogen-bond donors (Lipinski definition) is 1. The van der Waals surface area contributed by atoms with E-state index in [4.69, 9.17) is 12.2 Å². The molecule has 16 heavy (non-hydrogen) atoms. The topological polar surface area (TPSA) is 26.0 Å². The van der Waals surface area contributed by atoms with Crippen molar-refractivity contribution in [3.63, 3.8) is 0 Å². The highest BCUT2D eigenvalue weighted by atomic mass is 35.5. The zero-order valence-electron chi connectivity index (χ0n) is 8.51. The molecule has 1 aromatic carbocycles. The number of terminal acetylenes is 1. The minimum Gasteiger partial charge on any atom is -0.314 e. The van der Waals surface area contributed by atoms with Crippen LogP contribution in [0.4, 0.5) is 13.2 Å². The first kappa shape index (κ1) is 14.8. The molecule has 0 radical (unpaired) electrons. The van der Waals surface area contributed by atoms with Crippen LogP contribution in [0, 0.1) is 19.3 Å². The Balaban J connectivity index is 0.00000225. The van der Waals surface area contributed by atoms with Crippen LogP contribution in [0.25, 0.3) is 0 Å². The minimum atomic E-state index is -4.37. The van der Waals surface area contributed by atoms with Crippen LogP contribution >= 0.6 is 12.4 Å². The van der Waals surface area contributed by atoms with Gasteiger partial charge in [0, 0.05) is 0 Å². The molecule has 1 aromatic rings. The fourth-order valence-electron chi connectivity index (χ4n) is 1.39. The van der Waals surface area contributed by atoms with Crippen LogP contribution in [0.3, 0.4) is 0 Å². The van der Waals surface area contributed by atoms with Gasteiger partial charge in [-0.3, -0.25) is 0 Å². The molecule has 1 nitrogen and oxygen atoms in total. The van der Waals surface area contributed by atoms with E-state index < -0.39 is 17.8 Å². The Morgan fingerprint density at radius 2 is 1.94 bits per heavy atom. The predicted molar refractivity (Wildman–Crippen MR) is 59.2 cm³/mol. The second-order valence-electron chi connectivity index (χ2n) is 3.16. The zero-order valence-corrected chi connectivity index (χ0v) is 9.32. The molecule has 2 N–H and O–H groups in total. The third-order valence-corrected chi connectivity index (χ3v) is 2.20. The zero-order chi connectivity index (χ0) is 11.6. The molecule has 0 bridgehead atoms. The van der Waals surface area contributed by atoms with E-state index in [0.717, 1.165) is 6.07 Å². The van der Waals surface area contributed by atoms with Gasteiger partial charge in [-0.25, -0.2) is 0 Å². The highest BCUT2D eigenvalue weighted by molar-refractivity contribution is 5.85. The van der Waals surface area contributed by atoms with Crippen molar-refractivity contribution in [1.82, 2.24) is 0 Å². The first-order chi connectivity index (χ1) is 6.88. The highest BCUT2D eigenvalue weighted by Crippen LogP contribution is 2.33. The van der Waals surface area contributed by atoms with Gasteiger partial charge in [0.25, 0.3) is 0 Å². The van der Waals surface area contributed by atoms with Gasteiger partial charge in [0.15, 0.2) is 0 Å². The third-order valence-electron chi connectivity index (χ3n) is 2.20. The van der Waals surface area contributed by atoms with Crippen molar-refractivity contribution >= 4 is 12.4 Å². The molecule has 0 aliphatic carbocycles. The van der Waals surface area contributed by atoms with E-state index in [2.05, 4.69) is 5.92 Å². The third kappa shape index (κ3) is 2.91. The lowest BCUT2D eigenvalue weighted by molar-refractivity contribution is -0.138. The van der Waals surface area contributed by atoms with Gasteiger partial charge in [0.1, 0.15) is 0 Å². The fraction of sp³-hybridized carbons (Fsp3) is 0.273. The smallest absolute Gasteiger partial charge is 0.314 e. The Bertz CT molecular complexity index is 407. The van der Waals surface area contributed by atoms with Crippen molar-refractivity contribution in [3.05, 3.63) is 34.9 Å². The quantitative estimate of drug-likeness (QED) is 0.761. The molecule has 1 unspecified atom stereocenters. The molecule has 0 saturated heterocycles. The number of hydrogen-bond acceptors (Lipinski definition) is 1. The molecule has 1 atom stereocenters.